The molecule has 1 N–H and O–H groups in total. The minimum absolute atomic E-state index is 0.651. The van der Waals surface area contributed by atoms with Gasteiger partial charge < -0.3 is 9.64 Å². The molecule has 0 aliphatic carbocycles. The first kappa shape index (κ1) is 25.8. The minimum atomic E-state index is 0.651. The van der Waals surface area contributed by atoms with Gasteiger partial charge in [0.15, 0.2) is 0 Å². The summed E-state index contributed by atoms with van der Waals surface area (Å²) in [7, 11) is 0. The van der Waals surface area contributed by atoms with E-state index in [0.717, 1.165) is 54.0 Å². The van der Waals surface area contributed by atoms with Gasteiger partial charge in [-0.1, -0.05) is 42.0 Å². The molecule has 36 heavy (non-hydrogen) atoms. The summed E-state index contributed by atoms with van der Waals surface area (Å²) >= 11 is 1.67. The van der Waals surface area contributed by atoms with Gasteiger partial charge in [0.2, 0.25) is 0 Å². The zero-order valence-electron chi connectivity index (χ0n) is 21.4. The number of hydrogen-bond donors (Lipinski definition) is 1. The lowest BCUT2D eigenvalue weighted by Crippen LogP contribution is -2.21. The molecule has 4 rings (SSSR count). The fourth-order valence-corrected chi connectivity index (χ4v) is 4.67. The van der Waals surface area contributed by atoms with Crippen LogP contribution in [0, 0.1) is 6.92 Å². The van der Waals surface area contributed by atoms with Gasteiger partial charge in [-0.15, -0.1) is 0 Å². The minimum Gasteiger partial charge on any atom is -0.493 e. The van der Waals surface area contributed by atoms with Crippen LogP contribution in [-0.2, 0) is 0 Å². The molecule has 1 aromatic heterocycles. The Morgan fingerprint density at radius 2 is 1.72 bits per heavy atom. The molecule has 5 heteroatoms. The maximum absolute atomic E-state index is 6.30. The molecule has 0 saturated heterocycles. The first-order valence-electron chi connectivity index (χ1n) is 12.7. The van der Waals surface area contributed by atoms with E-state index in [2.05, 4.69) is 103 Å². The molecular weight excluding hydrogens is 462 g/mol. The second-order valence-electron chi connectivity index (χ2n) is 8.67. The molecule has 0 aliphatic heterocycles. The van der Waals surface area contributed by atoms with Gasteiger partial charge in [-0.3, -0.25) is 4.72 Å². The third-order valence-corrected chi connectivity index (χ3v) is 6.93. The number of aromatic nitrogens is 1. The lowest BCUT2D eigenvalue weighted by molar-refractivity contribution is 0.311. The van der Waals surface area contributed by atoms with E-state index < -0.39 is 0 Å². The molecule has 0 aliphatic rings. The molecule has 0 fully saturated rings. The van der Waals surface area contributed by atoms with Gasteiger partial charge >= 0.3 is 0 Å². The topological polar surface area (TPSA) is 37.4 Å². The highest BCUT2D eigenvalue weighted by molar-refractivity contribution is 7.97. The Morgan fingerprint density at radius 1 is 0.917 bits per heavy atom. The largest absolute Gasteiger partial charge is 0.493 e. The zero-order chi connectivity index (χ0) is 25.2. The van der Waals surface area contributed by atoms with Crippen molar-refractivity contribution in [3.63, 3.8) is 0 Å². The van der Waals surface area contributed by atoms with Crippen molar-refractivity contribution < 1.29 is 4.74 Å². The van der Waals surface area contributed by atoms with Gasteiger partial charge in [-0.05, 0) is 87.7 Å². The van der Waals surface area contributed by atoms with Crippen LogP contribution in [0.2, 0.25) is 0 Å². The van der Waals surface area contributed by atoms with Crippen molar-refractivity contribution in [1.82, 2.24) is 9.71 Å². The van der Waals surface area contributed by atoms with E-state index in [-0.39, 0.29) is 0 Å². The quantitative estimate of drug-likeness (QED) is 0.161. The Hall–Kier alpha value is -3.28. The smallest absolute Gasteiger partial charge is 0.128 e. The Bertz CT molecular complexity index is 1280. The van der Waals surface area contributed by atoms with Crippen LogP contribution in [0.3, 0.4) is 0 Å². The summed E-state index contributed by atoms with van der Waals surface area (Å²) in [4.78, 5) is 8.33. The normalized spacial score (nSPS) is 11.3. The number of nitrogens with zero attached hydrogens (tertiary/aromatic N) is 2. The molecule has 186 valence electrons. The van der Waals surface area contributed by atoms with E-state index in [0.29, 0.717) is 6.61 Å². The number of fused-ring (bicyclic) bond motifs is 1. The average molecular weight is 498 g/mol. The molecule has 0 amide bonds. The van der Waals surface area contributed by atoms with Crippen LogP contribution in [0.1, 0.15) is 37.1 Å². The van der Waals surface area contributed by atoms with Crippen LogP contribution in [-0.4, -0.2) is 31.2 Å². The van der Waals surface area contributed by atoms with Crippen LogP contribution in [0.15, 0.2) is 83.8 Å². The first-order chi connectivity index (χ1) is 17.7. The predicted molar refractivity (Wildman–Crippen MR) is 156 cm³/mol. The number of rotatable bonds is 12. The molecule has 0 atom stereocenters. The first-order valence-corrected chi connectivity index (χ1v) is 13.5. The third-order valence-electron chi connectivity index (χ3n) is 6.07. The van der Waals surface area contributed by atoms with E-state index in [9.17, 15) is 0 Å². The Morgan fingerprint density at radius 3 is 2.53 bits per heavy atom. The van der Waals surface area contributed by atoms with Crippen molar-refractivity contribution >= 4 is 40.7 Å². The fraction of sp³-hybridized carbons (Fsp3) is 0.258. The molecule has 0 radical (unpaired) electrons. The predicted octanol–water partition coefficient (Wildman–Crippen LogP) is 7.63. The van der Waals surface area contributed by atoms with E-state index >= 15 is 0 Å². The van der Waals surface area contributed by atoms with E-state index in [1.165, 1.54) is 16.1 Å². The molecule has 3 aromatic carbocycles. The van der Waals surface area contributed by atoms with Crippen molar-refractivity contribution in [3.8, 4) is 5.75 Å². The Balaban J connectivity index is 1.41. The van der Waals surface area contributed by atoms with Crippen molar-refractivity contribution in [2.24, 2.45) is 0 Å². The maximum Gasteiger partial charge on any atom is 0.128 e. The number of aryl methyl sites for hydroxylation is 1. The van der Waals surface area contributed by atoms with E-state index in [4.69, 9.17) is 9.72 Å². The monoisotopic (exact) mass is 497 g/mol. The van der Waals surface area contributed by atoms with Crippen molar-refractivity contribution in [1.29, 1.82) is 0 Å². The summed E-state index contributed by atoms with van der Waals surface area (Å²) in [6.45, 7) is 9.93. The highest BCUT2D eigenvalue weighted by Crippen LogP contribution is 2.28. The van der Waals surface area contributed by atoms with Gasteiger partial charge in [0.1, 0.15) is 5.75 Å². The van der Waals surface area contributed by atoms with Crippen LogP contribution < -0.4 is 14.4 Å². The molecule has 4 nitrogen and oxygen atoms in total. The van der Waals surface area contributed by atoms with E-state index in [1.54, 1.807) is 11.9 Å². The molecule has 0 saturated carbocycles. The second-order valence-corrected chi connectivity index (χ2v) is 9.63. The van der Waals surface area contributed by atoms with Gasteiger partial charge in [0.05, 0.1) is 17.8 Å². The van der Waals surface area contributed by atoms with Crippen LogP contribution in [0.25, 0.3) is 23.1 Å². The standard InChI is InChI=1S/C31H35N3OS/c1-4-34(5-2)28-18-15-26(14-17-27-16-13-25-9-6-7-10-30(25)33-27)31(23-28)35-22-8-21-32-36-29-19-11-24(3)12-20-29/h6-7,9-20,23,32H,4-5,8,21-22H2,1-3H3/b17-14+. The molecule has 4 aromatic rings. The summed E-state index contributed by atoms with van der Waals surface area (Å²) in [6, 6.07) is 27.4. The van der Waals surface area contributed by atoms with Gasteiger partial charge in [-0.25, -0.2) is 4.98 Å². The Kier molecular flexibility index (Phi) is 9.42. The van der Waals surface area contributed by atoms with Crippen LogP contribution in [0.4, 0.5) is 5.69 Å². The summed E-state index contributed by atoms with van der Waals surface area (Å²) in [5.74, 6) is 0.905. The van der Waals surface area contributed by atoms with Gasteiger partial charge in [0.25, 0.3) is 0 Å². The highest BCUT2D eigenvalue weighted by Gasteiger charge is 2.08. The van der Waals surface area contributed by atoms with Crippen LogP contribution >= 0.6 is 11.9 Å². The number of ether oxygens (including phenoxy) is 1. The summed E-state index contributed by atoms with van der Waals surface area (Å²) in [6.07, 6.45) is 5.08. The van der Waals surface area contributed by atoms with Crippen molar-refractivity contribution in [2.45, 2.75) is 32.1 Å². The maximum atomic E-state index is 6.30. The molecule has 1 heterocycles. The van der Waals surface area contributed by atoms with Crippen molar-refractivity contribution in [3.05, 3.63) is 95.7 Å². The third kappa shape index (κ3) is 7.12. The second kappa shape index (κ2) is 13.1. The Labute approximate surface area is 219 Å². The molecule has 0 unspecified atom stereocenters. The number of anilines is 1. The van der Waals surface area contributed by atoms with Crippen LogP contribution in [0.5, 0.6) is 5.75 Å². The SMILES string of the molecule is CCN(CC)c1ccc(/C=C/c2ccc3ccccc3n2)c(OCCCNSc2ccc(C)cc2)c1. The van der Waals surface area contributed by atoms with E-state index in [1.807, 2.05) is 18.2 Å². The number of para-hydroxylation sites is 1. The highest BCUT2D eigenvalue weighted by atomic mass is 32.2. The van der Waals surface area contributed by atoms with Gasteiger partial charge in [-0.2, -0.15) is 0 Å². The molecule has 0 spiro atoms. The zero-order valence-corrected chi connectivity index (χ0v) is 22.2. The number of benzene rings is 3. The van der Waals surface area contributed by atoms with Gasteiger partial charge in [0, 0.05) is 47.2 Å². The number of hydrogen-bond acceptors (Lipinski definition) is 5. The number of pyridine rings is 1. The lowest BCUT2D eigenvalue weighted by atomic mass is 10.1. The summed E-state index contributed by atoms with van der Waals surface area (Å²) in [5, 5.41) is 1.15. The summed E-state index contributed by atoms with van der Waals surface area (Å²) in [5.41, 5.74) is 5.46. The fourth-order valence-electron chi connectivity index (χ4n) is 3.99. The average Bonchev–Trinajstić information content (AvgIpc) is 2.91. The molecule has 0 bridgehead atoms. The van der Waals surface area contributed by atoms with Crippen molar-refractivity contribution in [2.75, 3.05) is 31.1 Å². The summed E-state index contributed by atoms with van der Waals surface area (Å²) < 4.78 is 9.73. The number of nitrogens with one attached hydrogen (secondary N) is 1. The molecular formula is C31H35N3OS. The lowest BCUT2D eigenvalue weighted by Gasteiger charge is -2.22.